The van der Waals surface area contributed by atoms with E-state index in [1.807, 2.05) is 56.6 Å². The molecule has 0 saturated carbocycles. The van der Waals surface area contributed by atoms with Crippen molar-refractivity contribution in [2.45, 2.75) is 39.3 Å². The van der Waals surface area contributed by atoms with E-state index in [0.717, 1.165) is 22.1 Å². The van der Waals surface area contributed by atoms with E-state index >= 15 is 0 Å². The van der Waals surface area contributed by atoms with Crippen LogP contribution in [0.2, 0.25) is 0 Å². The van der Waals surface area contributed by atoms with Crippen molar-refractivity contribution >= 4 is 23.0 Å². The van der Waals surface area contributed by atoms with Crippen molar-refractivity contribution in [1.82, 2.24) is 29.7 Å². The Balaban J connectivity index is 1.68. The maximum atomic E-state index is 11.4. The zero-order chi connectivity index (χ0) is 26.6. The molecule has 0 spiro atoms. The molecular weight excluding hydrogens is 470 g/mol. The first-order chi connectivity index (χ1) is 17.7. The van der Waals surface area contributed by atoms with Gasteiger partial charge in [-0.15, -0.1) is 0 Å². The molecule has 4 aromatic rings. The van der Waals surface area contributed by atoms with Gasteiger partial charge >= 0.3 is 5.97 Å². The highest BCUT2D eigenvalue weighted by Gasteiger charge is 2.31. The lowest BCUT2D eigenvalue weighted by atomic mass is 9.86. The summed E-state index contributed by atoms with van der Waals surface area (Å²) >= 11 is 0. The highest BCUT2D eigenvalue weighted by molar-refractivity contribution is 5.95. The monoisotopic (exact) mass is 501 g/mol. The van der Waals surface area contributed by atoms with Crippen molar-refractivity contribution < 1.29 is 14.6 Å². The number of aliphatic hydroxyl groups is 1. The number of allylic oxidation sites excluding steroid dienone is 3. The Kier molecular flexibility index (Phi) is 7.49. The second kappa shape index (κ2) is 10.8. The summed E-state index contributed by atoms with van der Waals surface area (Å²) in [5.74, 6) is -0.441. The van der Waals surface area contributed by atoms with Gasteiger partial charge in [0.2, 0.25) is 5.95 Å². The predicted molar refractivity (Wildman–Crippen MR) is 142 cm³/mol. The molecule has 0 aliphatic carbocycles. The largest absolute Gasteiger partial charge is 0.469 e. The number of nitrogens with one attached hydrogen (secondary N) is 1. The minimum atomic E-state index is -1.27. The molecule has 37 heavy (non-hydrogen) atoms. The molecule has 0 aliphatic heterocycles. The standard InChI is InChI=1S/C27H31N7O3/c1-5-6-7-8-17(2)27(3,36)23-12-22(32-26(28)33-23)21-15-30-25-20(21)11-18(13-29-25)19-14-31-34(16-19)10-9-24(35)37-4/h5-8,11-17,36H,9-10H2,1-4H3,(H,29,30)(H2,28,32,33). The lowest BCUT2D eigenvalue weighted by molar-refractivity contribution is -0.140. The average molecular weight is 502 g/mol. The normalized spacial score (nSPS) is 14.4. The molecule has 0 amide bonds. The lowest BCUT2D eigenvalue weighted by Gasteiger charge is -2.28. The van der Waals surface area contributed by atoms with Crippen LogP contribution in [0.5, 0.6) is 0 Å². The van der Waals surface area contributed by atoms with E-state index < -0.39 is 5.60 Å². The van der Waals surface area contributed by atoms with Crippen LogP contribution < -0.4 is 5.73 Å². The number of methoxy groups -OCH3 is 1. The van der Waals surface area contributed by atoms with Crippen LogP contribution in [-0.4, -0.2) is 47.9 Å². The first kappa shape index (κ1) is 25.8. The van der Waals surface area contributed by atoms with Gasteiger partial charge in [-0.2, -0.15) is 5.10 Å². The maximum Gasteiger partial charge on any atom is 0.307 e. The first-order valence-electron chi connectivity index (χ1n) is 12.0. The summed E-state index contributed by atoms with van der Waals surface area (Å²) in [6.45, 7) is 5.99. The maximum absolute atomic E-state index is 11.4. The molecule has 0 aliphatic rings. The third-order valence-electron chi connectivity index (χ3n) is 6.40. The summed E-state index contributed by atoms with van der Waals surface area (Å²) in [4.78, 5) is 28.0. The van der Waals surface area contributed by atoms with Gasteiger partial charge in [0.05, 0.1) is 37.7 Å². The molecule has 0 fully saturated rings. The highest BCUT2D eigenvalue weighted by Crippen LogP contribution is 2.34. The van der Waals surface area contributed by atoms with E-state index in [1.54, 1.807) is 30.1 Å². The van der Waals surface area contributed by atoms with E-state index in [9.17, 15) is 9.90 Å². The molecule has 0 aromatic carbocycles. The summed E-state index contributed by atoms with van der Waals surface area (Å²) in [6.07, 6.45) is 15.1. The minimum Gasteiger partial charge on any atom is -0.469 e. The van der Waals surface area contributed by atoms with Crippen molar-refractivity contribution in [3.8, 4) is 22.4 Å². The van der Waals surface area contributed by atoms with Crippen LogP contribution >= 0.6 is 0 Å². The van der Waals surface area contributed by atoms with Crippen molar-refractivity contribution in [3.05, 3.63) is 66.9 Å². The Hall–Kier alpha value is -4.31. The summed E-state index contributed by atoms with van der Waals surface area (Å²) < 4.78 is 6.39. The van der Waals surface area contributed by atoms with E-state index in [2.05, 4.69) is 25.0 Å². The van der Waals surface area contributed by atoms with Crippen molar-refractivity contribution in [1.29, 1.82) is 0 Å². The molecular formula is C27H31N7O3. The Morgan fingerprint density at radius 3 is 2.84 bits per heavy atom. The number of nitrogen functional groups attached to an aromatic ring is 1. The molecule has 10 heteroatoms. The van der Waals surface area contributed by atoms with Crippen LogP contribution in [0, 0.1) is 5.92 Å². The van der Waals surface area contributed by atoms with Gasteiger partial charge in [0.15, 0.2) is 0 Å². The number of hydrogen-bond acceptors (Lipinski definition) is 8. The number of fused-ring (bicyclic) bond motifs is 1. The van der Waals surface area contributed by atoms with Gasteiger partial charge < -0.3 is 20.6 Å². The highest BCUT2D eigenvalue weighted by atomic mass is 16.5. The van der Waals surface area contributed by atoms with Crippen molar-refractivity contribution in [3.63, 3.8) is 0 Å². The zero-order valence-corrected chi connectivity index (χ0v) is 21.3. The quantitative estimate of drug-likeness (QED) is 0.230. The topological polar surface area (TPSA) is 145 Å². The molecule has 0 bridgehead atoms. The Morgan fingerprint density at radius 2 is 2.08 bits per heavy atom. The number of ether oxygens (including phenoxy) is 1. The summed E-state index contributed by atoms with van der Waals surface area (Å²) in [6, 6.07) is 3.75. The van der Waals surface area contributed by atoms with Gasteiger partial charge in [0, 0.05) is 46.6 Å². The molecule has 2 unspecified atom stereocenters. The third-order valence-corrected chi connectivity index (χ3v) is 6.40. The fraction of sp³-hybridized carbons (Fsp3) is 0.296. The number of aromatic nitrogens is 6. The van der Waals surface area contributed by atoms with E-state index in [0.29, 0.717) is 23.6 Å². The fourth-order valence-corrected chi connectivity index (χ4v) is 3.94. The number of hydrogen-bond donors (Lipinski definition) is 3. The zero-order valence-electron chi connectivity index (χ0n) is 21.3. The number of nitrogens with two attached hydrogens (primary N) is 1. The Morgan fingerprint density at radius 1 is 1.27 bits per heavy atom. The SMILES string of the molecule is CC=CC=CC(C)C(C)(O)c1cc(-c2c[nH]c3ncc(-c4cnn(CCC(=O)OC)c4)cc23)nc(N)n1. The smallest absolute Gasteiger partial charge is 0.307 e. The third kappa shape index (κ3) is 5.59. The van der Waals surface area contributed by atoms with E-state index in [4.69, 9.17) is 10.5 Å². The van der Waals surface area contributed by atoms with Crippen molar-refractivity contribution in [2.75, 3.05) is 12.8 Å². The van der Waals surface area contributed by atoms with Gasteiger partial charge in [-0.25, -0.2) is 15.0 Å². The number of carbonyl (C=O) groups is 1. The van der Waals surface area contributed by atoms with Crippen LogP contribution in [-0.2, 0) is 21.7 Å². The summed E-state index contributed by atoms with van der Waals surface area (Å²) in [5.41, 5.74) is 9.00. The molecule has 4 aromatic heterocycles. The predicted octanol–water partition coefficient (Wildman–Crippen LogP) is 4.00. The second-order valence-corrected chi connectivity index (χ2v) is 8.98. The molecule has 10 nitrogen and oxygen atoms in total. The number of pyridine rings is 1. The summed E-state index contributed by atoms with van der Waals surface area (Å²) in [7, 11) is 1.37. The Bertz CT molecular complexity index is 1470. The minimum absolute atomic E-state index is 0.0720. The molecule has 4 rings (SSSR count). The fourth-order valence-electron chi connectivity index (χ4n) is 3.94. The Labute approximate surface area is 214 Å². The molecule has 0 saturated heterocycles. The average Bonchev–Trinajstić information content (AvgIpc) is 3.53. The van der Waals surface area contributed by atoms with Gasteiger partial charge in [-0.3, -0.25) is 9.48 Å². The molecule has 0 radical (unpaired) electrons. The van der Waals surface area contributed by atoms with Gasteiger partial charge in [-0.05, 0) is 26.0 Å². The van der Waals surface area contributed by atoms with Crippen LogP contribution in [0.1, 0.15) is 32.9 Å². The van der Waals surface area contributed by atoms with Gasteiger partial charge in [0.25, 0.3) is 0 Å². The lowest BCUT2D eigenvalue weighted by Crippen LogP contribution is -2.30. The van der Waals surface area contributed by atoms with Gasteiger partial charge in [-0.1, -0.05) is 31.2 Å². The van der Waals surface area contributed by atoms with E-state index in [-0.39, 0.29) is 24.3 Å². The number of aromatic amines is 1. The van der Waals surface area contributed by atoms with Crippen LogP contribution in [0.4, 0.5) is 5.95 Å². The summed E-state index contributed by atoms with van der Waals surface area (Å²) in [5, 5.41) is 16.5. The number of rotatable bonds is 9. The molecule has 4 N–H and O–H groups in total. The van der Waals surface area contributed by atoms with Crippen LogP contribution in [0.15, 0.2) is 61.2 Å². The first-order valence-corrected chi connectivity index (χ1v) is 12.0. The number of anilines is 1. The molecule has 192 valence electrons. The number of nitrogens with zero attached hydrogens (tertiary/aromatic N) is 5. The number of carbonyl (C=O) groups excluding carboxylic acids is 1. The van der Waals surface area contributed by atoms with Crippen LogP contribution in [0.25, 0.3) is 33.4 Å². The number of aryl methyl sites for hydroxylation is 1. The van der Waals surface area contributed by atoms with E-state index in [1.165, 1.54) is 7.11 Å². The number of H-pyrrole nitrogens is 1. The molecule has 4 heterocycles. The number of esters is 1. The van der Waals surface area contributed by atoms with Gasteiger partial charge in [0.1, 0.15) is 11.2 Å². The molecule has 2 atom stereocenters. The van der Waals surface area contributed by atoms with Crippen LogP contribution in [0.3, 0.4) is 0 Å². The second-order valence-electron chi connectivity index (χ2n) is 8.98. The van der Waals surface area contributed by atoms with Crippen molar-refractivity contribution in [2.24, 2.45) is 5.92 Å².